The van der Waals surface area contributed by atoms with Crippen molar-refractivity contribution < 1.29 is 33.6 Å². The summed E-state index contributed by atoms with van der Waals surface area (Å²) in [6.07, 6.45) is 1.82. The van der Waals surface area contributed by atoms with Gasteiger partial charge in [0.05, 0.1) is 28.1 Å². The van der Waals surface area contributed by atoms with E-state index in [1.54, 1.807) is 6.07 Å². The van der Waals surface area contributed by atoms with Crippen LogP contribution < -0.4 is 26.0 Å². The summed E-state index contributed by atoms with van der Waals surface area (Å²) in [4.78, 5) is 12.3. The molecule has 0 amide bonds. The Morgan fingerprint density at radius 3 is 1.95 bits per heavy atom. The summed E-state index contributed by atoms with van der Waals surface area (Å²) >= 11 is 0. The maximum absolute atomic E-state index is 12.7. The van der Waals surface area contributed by atoms with E-state index in [4.69, 9.17) is 14.1 Å². The first kappa shape index (κ1) is 62.5. The van der Waals surface area contributed by atoms with Gasteiger partial charge in [0.25, 0.3) is 6.71 Å². The van der Waals surface area contributed by atoms with E-state index in [1.165, 1.54) is 90.1 Å². The molecule has 0 atom stereocenters. The number of imidazole rings is 1. The molecule has 0 unspecified atom stereocenters. The van der Waals surface area contributed by atoms with Gasteiger partial charge in [0, 0.05) is 65.5 Å². The van der Waals surface area contributed by atoms with Crippen LogP contribution in [0.15, 0.2) is 168 Å². The number of rotatable bonds is 6. The summed E-state index contributed by atoms with van der Waals surface area (Å²) in [5.41, 5.74) is 27.8. The first-order chi connectivity index (χ1) is 43.2. The molecule has 0 fully saturated rings. The van der Waals surface area contributed by atoms with Crippen LogP contribution in [-0.4, -0.2) is 21.2 Å². The smallest absolute Gasteiger partial charge is 0.256 e. The maximum Gasteiger partial charge on any atom is 0.256 e. The van der Waals surface area contributed by atoms with Crippen LogP contribution >= 0.6 is 0 Å². The molecule has 0 saturated heterocycles. The number of halogens is 1. The largest absolute Gasteiger partial charge is 0.500 e. The number of nitrogens with zero attached hydrogens (tertiary/aromatic N) is 4. The zero-order chi connectivity index (χ0) is 64.1. The summed E-state index contributed by atoms with van der Waals surface area (Å²) in [5, 5.41) is 2.07. The molecule has 9 heteroatoms. The normalized spacial score (nSPS) is 13.8. The number of hydrogen-bond donors (Lipinski definition) is 0. The fourth-order valence-corrected chi connectivity index (χ4v) is 14.2. The predicted octanol–water partition coefficient (Wildman–Crippen LogP) is 20.5. The van der Waals surface area contributed by atoms with E-state index in [1.807, 2.05) is 32.2 Å². The molecule has 12 aromatic rings. The van der Waals surface area contributed by atoms with Gasteiger partial charge in [-0.15, -0.1) is 48.0 Å². The van der Waals surface area contributed by atoms with Crippen molar-refractivity contribution in [2.24, 2.45) is 0 Å². The van der Waals surface area contributed by atoms with Crippen LogP contribution in [0.1, 0.15) is 166 Å². The SMILES string of the molecule is CC(C)c1cccc(C(C)C)c1-n1c(-c2[c-]ccc3c2oc2c(-c4cc5c6c(c4)N4c7ccc(C(C)(C)C)cc7C(C)(C)c7cc(C(C)(C)C)cc(c74)B6c4cc(C(C)(C)C)ccc4O5)cccc23)nc2ccccc21.Cc1cnc(-c2[c-]cc(F)cc2)cc1C.[Ir]. The third-order valence-corrected chi connectivity index (χ3v) is 19.6. The molecule has 3 aromatic heterocycles. The molecule has 9 aromatic carbocycles. The van der Waals surface area contributed by atoms with Crippen molar-refractivity contribution in [1.29, 1.82) is 0 Å². The minimum absolute atomic E-state index is 0. The fraction of sp³-hybridized carbons (Fsp3) is 0.277. The first-order valence-corrected chi connectivity index (χ1v) is 32.4. The molecule has 0 bridgehead atoms. The molecule has 6 heterocycles. The standard InChI is InChI=1S/C70H69BN3O2.C13H11FN.Ir/c1-39(2)45-21-18-22-46(40(3)4)62(45)74-57-28-17-16-27-55(57)72-66(74)50-26-20-25-49-48-24-19-23-47(64(48)76-65(49)50)41-33-58-61-60(34-41)75-59-32-30-43(68(8,9)10)37-53(59)71(61)54-38-44(69(11,12)13)36-52-63(54)73(58)56-31-29-42(67(5,6)7)35-51(56)70(52,14)15;1-9-7-13(15-8-10(9)2)11-3-5-12(14)6-4-11;/h16-25,27-40H,1-15H3;3,5-8H,1-2H3;/q2*-1;. The van der Waals surface area contributed by atoms with Crippen molar-refractivity contribution in [3.63, 3.8) is 0 Å². The van der Waals surface area contributed by atoms with Crippen molar-refractivity contribution in [2.45, 2.75) is 151 Å². The van der Waals surface area contributed by atoms with Crippen LogP contribution in [0.4, 0.5) is 21.5 Å². The summed E-state index contributed by atoms with van der Waals surface area (Å²) in [5.74, 6) is 2.91. The molecule has 0 saturated carbocycles. The Labute approximate surface area is 556 Å². The first-order valence-electron chi connectivity index (χ1n) is 32.4. The minimum atomic E-state index is -0.292. The van der Waals surface area contributed by atoms with Crippen LogP contribution in [-0.2, 0) is 41.8 Å². The van der Waals surface area contributed by atoms with Gasteiger partial charge >= 0.3 is 0 Å². The summed E-state index contributed by atoms with van der Waals surface area (Å²) in [6.45, 7) is 39.0. The number of aryl methyl sites for hydroxylation is 2. The Hall–Kier alpha value is -8.36. The van der Waals surface area contributed by atoms with Gasteiger partial charge < -0.3 is 23.6 Å². The van der Waals surface area contributed by atoms with Crippen LogP contribution in [0.25, 0.3) is 72.4 Å². The van der Waals surface area contributed by atoms with Crippen LogP contribution in [0.3, 0.4) is 0 Å². The second-order valence-corrected chi connectivity index (χ2v) is 29.9. The van der Waals surface area contributed by atoms with Gasteiger partial charge in [0.1, 0.15) is 17.1 Å². The summed E-state index contributed by atoms with van der Waals surface area (Å²) in [7, 11) is 0. The number of pyridine rings is 1. The Kier molecular flexibility index (Phi) is 15.2. The number of furan rings is 1. The monoisotopic (exact) mass is 1390 g/mol. The second-order valence-electron chi connectivity index (χ2n) is 29.9. The van der Waals surface area contributed by atoms with Gasteiger partial charge in [-0.25, -0.2) is 0 Å². The number of fused-ring (bicyclic) bond motifs is 10. The van der Waals surface area contributed by atoms with Gasteiger partial charge in [0.15, 0.2) is 0 Å². The predicted molar refractivity (Wildman–Crippen MR) is 378 cm³/mol. The third-order valence-electron chi connectivity index (χ3n) is 19.6. The van der Waals surface area contributed by atoms with Gasteiger partial charge in [-0.2, -0.15) is 0 Å². The van der Waals surface area contributed by atoms with Crippen molar-refractivity contribution in [1.82, 2.24) is 14.5 Å². The average molecular weight is 1390 g/mol. The molecular formula is C83H80BFIrN4O2-2. The molecular weight excluding hydrogens is 1310 g/mol. The van der Waals surface area contributed by atoms with Crippen LogP contribution in [0.5, 0.6) is 11.5 Å². The zero-order valence-corrected chi connectivity index (χ0v) is 58.5. The maximum atomic E-state index is 12.7. The Morgan fingerprint density at radius 2 is 1.26 bits per heavy atom. The van der Waals surface area contributed by atoms with E-state index in [0.717, 1.165) is 89.5 Å². The van der Waals surface area contributed by atoms with Crippen molar-refractivity contribution >= 4 is 73.1 Å². The average Bonchev–Trinajstić information content (AvgIpc) is 0.836. The quantitative estimate of drug-likeness (QED) is 0.123. The van der Waals surface area contributed by atoms with Crippen LogP contribution in [0, 0.1) is 31.8 Å². The molecule has 6 nitrogen and oxygen atoms in total. The molecule has 0 N–H and O–H groups in total. The van der Waals surface area contributed by atoms with E-state index >= 15 is 0 Å². The van der Waals surface area contributed by atoms with E-state index in [9.17, 15) is 4.39 Å². The molecule has 465 valence electrons. The topological polar surface area (TPSA) is 56.3 Å². The number of anilines is 3. The molecule has 0 spiro atoms. The van der Waals surface area contributed by atoms with Crippen molar-refractivity contribution in [3.8, 4) is 51.0 Å². The second kappa shape index (κ2) is 22.5. The van der Waals surface area contributed by atoms with E-state index in [0.29, 0.717) is 11.8 Å². The summed E-state index contributed by atoms with van der Waals surface area (Å²) in [6, 6.07) is 63.0. The molecule has 15 rings (SSSR count). The van der Waals surface area contributed by atoms with Crippen molar-refractivity contribution in [2.75, 3.05) is 4.90 Å². The van der Waals surface area contributed by atoms with Gasteiger partial charge in [-0.3, -0.25) is 9.37 Å². The Balaban J connectivity index is 0.000000424. The third kappa shape index (κ3) is 10.2. The molecule has 1 radical (unpaired) electrons. The van der Waals surface area contributed by atoms with Crippen LogP contribution in [0.2, 0.25) is 0 Å². The van der Waals surface area contributed by atoms with E-state index in [2.05, 4.69) is 258 Å². The van der Waals surface area contributed by atoms with Crippen molar-refractivity contribution in [3.05, 3.63) is 232 Å². The fourth-order valence-electron chi connectivity index (χ4n) is 14.2. The summed E-state index contributed by atoms with van der Waals surface area (Å²) < 4.78 is 29.8. The minimum Gasteiger partial charge on any atom is -0.500 e. The van der Waals surface area contributed by atoms with E-state index in [-0.39, 0.29) is 54.3 Å². The number of hydrogen-bond acceptors (Lipinski definition) is 5. The zero-order valence-electron chi connectivity index (χ0n) is 56.1. The molecule has 92 heavy (non-hydrogen) atoms. The number of benzene rings is 9. The molecule has 3 aliphatic rings. The Bertz CT molecular complexity index is 4920. The molecule has 0 aliphatic carbocycles. The number of ether oxygens (including phenoxy) is 1. The number of para-hydroxylation sites is 4. The van der Waals surface area contributed by atoms with E-state index < -0.39 is 0 Å². The number of aromatic nitrogens is 3. The van der Waals surface area contributed by atoms with Gasteiger partial charge in [-0.05, 0) is 150 Å². The molecule has 3 aliphatic heterocycles. The Morgan fingerprint density at radius 1 is 0.598 bits per heavy atom. The van der Waals surface area contributed by atoms with Gasteiger partial charge in [-0.1, -0.05) is 211 Å². The van der Waals surface area contributed by atoms with Gasteiger partial charge in [0.2, 0.25) is 0 Å².